The smallest absolute Gasteiger partial charge is 0.209 e. The zero-order chi connectivity index (χ0) is 24.2. The topological polar surface area (TPSA) is 84.1 Å². The quantitative estimate of drug-likeness (QED) is 0.258. The van der Waals surface area contributed by atoms with E-state index in [0.717, 1.165) is 28.6 Å². The molecule has 0 aliphatic rings. The summed E-state index contributed by atoms with van der Waals surface area (Å²) in [6, 6.07) is 11.8. The van der Waals surface area contributed by atoms with Crippen LogP contribution in [-0.2, 0) is 22.0 Å². The van der Waals surface area contributed by atoms with E-state index >= 15 is 0 Å². The minimum absolute atomic E-state index is 0.108. The summed E-state index contributed by atoms with van der Waals surface area (Å²) in [6.45, 7) is 4.76. The molecule has 3 rings (SSSR count). The van der Waals surface area contributed by atoms with Crippen LogP contribution in [0.15, 0.2) is 42.6 Å². The Bertz CT molecular complexity index is 1190. The Labute approximate surface area is 209 Å². The monoisotopic (exact) mass is 529 g/mol. The number of aromatic amines is 1. The van der Waals surface area contributed by atoms with Crippen LogP contribution in [0.1, 0.15) is 37.2 Å². The van der Waals surface area contributed by atoms with E-state index in [2.05, 4.69) is 28.5 Å². The van der Waals surface area contributed by atoms with Gasteiger partial charge in [-0.2, -0.15) is 0 Å². The summed E-state index contributed by atoms with van der Waals surface area (Å²) in [5.74, 6) is 1.52. The van der Waals surface area contributed by atoms with Gasteiger partial charge in [0.05, 0.1) is 41.3 Å². The summed E-state index contributed by atoms with van der Waals surface area (Å²) < 4.78 is 30.6. The first kappa shape index (κ1) is 25.8. The maximum absolute atomic E-state index is 11.3. The van der Waals surface area contributed by atoms with Gasteiger partial charge in [0.1, 0.15) is 5.82 Å². The number of H-pyrrole nitrogens is 1. The van der Waals surface area contributed by atoms with E-state index in [1.807, 2.05) is 36.4 Å². The maximum Gasteiger partial charge on any atom is 0.209 e. The molecule has 3 aromatic rings. The first-order chi connectivity index (χ1) is 15.5. The number of nitrogens with zero attached hydrogens (tertiary/aromatic N) is 1. The molecule has 0 atom stereocenters. The summed E-state index contributed by atoms with van der Waals surface area (Å²) in [5.41, 5.74) is 3.42. The third-order valence-electron chi connectivity index (χ3n) is 5.29. The number of imidazole rings is 1. The van der Waals surface area contributed by atoms with Crippen molar-refractivity contribution in [2.24, 2.45) is 0 Å². The number of rotatable bonds is 10. The zero-order valence-electron chi connectivity index (χ0n) is 18.6. The number of aromatic nitrogens is 2. The van der Waals surface area contributed by atoms with E-state index in [0.29, 0.717) is 40.5 Å². The van der Waals surface area contributed by atoms with Crippen LogP contribution >= 0.6 is 34.8 Å². The van der Waals surface area contributed by atoms with Crippen LogP contribution in [0.4, 0.5) is 0 Å². The molecule has 6 nitrogen and oxygen atoms in total. The molecule has 0 unspecified atom stereocenters. The number of hydrogen-bond acceptors (Lipinski definition) is 4. The van der Waals surface area contributed by atoms with Crippen LogP contribution < -0.4 is 9.46 Å². The van der Waals surface area contributed by atoms with E-state index < -0.39 is 10.0 Å². The molecule has 2 N–H and O–H groups in total. The Kier molecular flexibility index (Phi) is 8.35. The largest absolute Gasteiger partial charge is 0.490 e. The molecule has 178 valence electrons. The van der Waals surface area contributed by atoms with Crippen molar-refractivity contribution >= 4 is 44.8 Å². The number of benzene rings is 2. The number of halogens is 3. The molecular formula is C23H26Cl3N3O3S. The molecule has 10 heteroatoms. The lowest BCUT2D eigenvalue weighted by Crippen LogP contribution is -2.21. The summed E-state index contributed by atoms with van der Waals surface area (Å²) in [4.78, 5) is 7.38. The molecule has 1 heterocycles. The van der Waals surface area contributed by atoms with Crippen LogP contribution in [-0.4, -0.2) is 37.1 Å². The molecule has 0 saturated heterocycles. The molecule has 0 aliphatic heterocycles. The van der Waals surface area contributed by atoms with Gasteiger partial charge in [0.15, 0.2) is 5.75 Å². The minimum atomic E-state index is -3.28. The molecular weight excluding hydrogens is 505 g/mol. The van der Waals surface area contributed by atoms with Gasteiger partial charge in [-0.15, -0.1) is 11.6 Å². The highest BCUT2D eigenvalue weighted by atomic mass is 35.5. The SMILES string of the molecule is CC(C)(c1ccc(-c2cnc(CNS(C)(=O)=O)[nH]2)cc1)c1cc(Cl)c(OCCCCl)c(Cl)c1. The van der Waals surface area contributed by atoms with Crippen molar-refractivity contribution in [3.63, 3.8) is 0 Å². The van der Waals surface area contributed by atoms with Crippen molar-refractivity contribution in [3.05, 3.63) is 69.6 Å². The second kappa shape index (κ2) is 10.7. The Morgan fingerprint density at radius 2 is 1.73 bits per heavy atom. The Morgan fingerprint density at radius 3 is 2.30 bits per heavy atom. The summed E-state index contributed by atoms with van der Waals surface area (Å²) in [5, 5.41) is 0.925. The van der Waals surface area contributed by atoms with Crippen LogP contribution in [0.2, 0.25) is 10.0 Å². The number of alkyl halides is 1. The van der Waals surface area contributed by atoms with E-state index in [9.17, 15) is 8.42 Å². The van der Waals surface area contributed by atoms with Gasteiger partial charge in [-0.25, -0.2) is 18.1 Å². The Hall–Kier alpha value is -1.77. The summed E-state index contributed by atoms with van der Waals surface area (Å²) >= 11 is 18.7. The number of nitrogens with one attached hydrogen (secondary N) is 2. The molecule has 33 heavy (non-hydrogen) atoms. The van der Waals surface area contributed by atoms with E-state index in [1.165, 1.54) is 0 Å². The first-order valence-electron chi connectivity index (χ1n) is 10.3. The highest BCUT2D eigenvalue weighted by Crippen LogP contribution is 2.40. The van der Waals surface area contributed by atoms with Gasteiger partial charge in [-0.1, -0.05) is 61.3 Å². The van der Waals surface area contributed by atoms with Crippen molar-refractivity contribution < 1.29 is 13.2 Å². The Morgan fingerprint density at radius 1 is 1.09 bits per heavy atom. The number of hydrogen-bond donors (Lipinski definition) is 2. The van der Waals surface area contributed by atoms with Crippen molar-refractivity contribution in [1.29, 1.82) is 0 Å². The lowest BCUT2D eigenvalue weighted by molar-refractivity contribution is 0.318. The molecule has 0 spiro atoms. The van der Waals surface area contributed by atoms with Gasteiger partial charge in [0.2, 0.25) is 10.0 Å². The predicted octanol–water partition coefficient (Wildman–Crippen LogP) is 5.77. The van der Waals surface area contributed by atoms with E-state index in [1.54, 1.807) is 6.20 Å². The van der Waals surface area contributed by atoms with Gasteiger partial charge in [0.25, 0.3) is 0 Å². The standard InChI is InChI=1S/C23H26Cl3N3O3S/c1-23(2,17-11-18(25)22(19(26)12-17)32-10-4-9-24)16-7-5-15(6-8-16)20-13-27-21(29-20)14-28-33(3,30)31/h5-8,11-13,28H,4,9-10,14H2,1-3H3,(H,27,29). The fourth-order valence-corrected chi connectivity index (χ4v) is 4.42. The van der Waals surface area contributed by atoms with Crippen LogP contribution in [0.25, 0.3) is 11.3 Å². The van der Waals surface area contributed by atoms with Gasteiger partial charge in [-0.05, 0) is 35.2 Å². The third kappa shape index (κ3) is 6.64. The average molecular weight is 531 g/mol. The van der Waals surface area contributed by atoms with Gasteiger partial charge in [0, 0.05) is 11.3 Å². The van der Waals surface area contributed by atoms with Crippen molar-refractivity contribution in [2.75, 3.05) is 18.7 Å². The Balaban J connectivity index is 1.79. The van der Waals surface area contributed by atoms with Crippen molar-refractivity contribution in [3.8, 4) is 17.0 Å². The van der Waals surface area contributed by atoms with E-state index in [4.69, 9.17) is 39.5 Å². The lowest BCUT2D eigenvalue weighted by Gasteiger charge is -2.27. The summed E-state index contributed by atoms with van der Waals surface area (Å²) in [7, 11) is -3.28. The fourth-order valence-electron chi connectivity index (χ4n) is 3.32. The van der Waals surface area contributed by atoms with Gasteiger partial charge < -0.3 is 9.72 Å². The minimum Gasteiger partial charge on any atom is -0.490 e. The highest BCUT2D eigenvalue weighted by molar-refractivity contribution is 7.88. The van der Waals surface area contributed by atoms with E-state index in [-0.39, 0.29) is 12.0 Å². The molecule has 0 aliphatic carbocycles. The molecule has 1 aromatic heterocycles. The first-order valence-corrected chi connectivity index (χ1v) is 13.5. The average Bonchev–Trinajstić information content (AvgIpc) is 3.23. The normalized spacial score (nSPS) is 12.2. The molecule has 0 amide bonds. The lowest BCUT2D eigenvalue weighted by atomic mass is 9.78. The zero-order valence-corrected chi connectivity index (χ0v) is 21.7. The van der Waals surface area contributed by atoms with Crippen LogP contribution in [0, 0.1) is 0 Å². The summed E-state index contributed by atoms with van der Waals surface area (Å²) in [6.07, 6.45) is 3.50. The van der Waals surface area contributed by atoms with Crippen LogP contribution in [0.3, 0.4) is 0 Å². The van der Waals surface area contributed by atoms with Gasteiger partial charge in [-0.3, -0.25) is 0 Å². The second-order valence-electron chi connectivity index (χ2n) is 8.20. The second-order valence-corrected chi connectivity index (χ2v) is 11.2. The number of ether oxygens (including phenoxy) is 1. The van der Waals surface area contributed by atoms with Crippen LogP contribution in [0.5, 0.6) is 5.75 Å². The third-order valence-corrected chi connectivity index (χ3v) is 6.79. The van der Waals surface area contributed by atoms with Crippen molar-refractivity contribution in [1.82, 2.24) is 14.7 Å². The fraction of sp³-hybridized carbons (Fsp3) is 0.348. The molecule has 2 aromatic carbocycles. The molecule has 0 saturated carbocycles. The predicted molar refractivity (Wildman–Crippen MR) is 135 cm³/mol. The van der Waals surface area contributed by atoms with Crippen molar-refractivity contribution in [2.45, 2.75) is 32.2 Å². The molecule has 0 fully saturated rings. The van der Waals surface area contributed by atoms with Gasteiger partial charge >= 0.3 is 0 Å². The molecule has 0 bridgehead atoms. The molecule has 0 radical (unpaired) electrons. The number of sulfonamides is 1. The maximum atomic E-state index is 11.3. The highest BCUT2D eigenvalue weighted by Gasteiger charge is 2.25.